The molecule has 3 aromatic rings. The van der Waals surface area contributed by atoms with E-state index in [0.29, 0.717) is 11.6 Å². The molecule has 3 aromatic heterocycles. The Morgan fingerprint density at radius 3 is 2.95 bits per heavy atom. The zero-order chi connectivity index (χ0) is 14.7. The lowest BCUT2D eigenvalue weighted by atomic mass is 10.2. The Bertz CT molecular complexity index is 723. The van der Waals surface area contributed by atoms with Crippen molar-refractivity contribution in [3.8, 4) is 0 Å². The molecule has 1 atom stereocenters. The van der Waals surface area contributed by atoms with E-state index in [1.165, 1.54) is 0 Å². The number of nitrogens with zero attached hydrogens (tertiary/aromatic N) is 4. The predicted octanol–water partition coefficient (Wildman–Crippen LogP) is 2.35. The van der Waals surface area contributed by atoms with Crippen LogP contribution in [0.15, 0.2) is 30.6 Å². The van der Waals surface area contributed by atoms with Gasteiger partial charge in [0, 0.05) is 12.7 Å². The quantitative estimate of drug-likeness (QED) is 0.666. The van der Waals surface area contributed by atoms with Gasteiger partial charge in [0.15, 0.2) is 5.65 Å². The fourth-order valence-electron chi connectivity index (χ4n) is 2.09. The third kappa shape index (κ3) is 2.76. The van der Waals surface area contributed by atoms with Crippen molar-refractivity contribution in [2.24, 2.45) is 0 Å². The molecule has 0 aromatic carbocycles. The number of rotatable bonds is 5. The van der Waals surface area contributed by atoms with E-state index in [9.17, 15) is 0 Å². The molecule has 0 fully saturated rings. The molecule has 3 rings (SSSR count). The van der Waals surface area contributed by atoms with E-state index in [-0.39, 0.29) is 6.04 Å². The van der Waals surface area contributed by atoms with E-state index >= 15 is 0 Å². The van der Waals surface area contributed by atoms with Crippen LogP contribution in [0.3, 0.4) is 0 Å². The Labute approximate surface area is 122 Å². The van der Waals surface area contributed by atoms with Gasteiger partial charge in [-0.25, -0.2) is 0 Å². The average molecular weight is 283 g/mol. The van der Waals surface area contributed by atoms with Crippen LogP contribution in [0, 0.1) is 0 Å². The first kappa shape index (κ1) is 13.3. The highest BCUT2D eigenvalue weighted by Gasteiger charge is 2.13. The molecule has 3 heterocycles. The summed E-state index contributed by atoms with van der Waals surface area (Å²) in [4.78, 5) is 13.2. The minimum Gasteiger partial charge on any atom is -0.361 e. The van der Waals surface area contributed by atoms with Gasteiger partial charge in [-0.05, 0) is 26.0 Å². The van der Waals surface area contributed by atoms with Gasteiger partial charge in [-0.1, -0.05) is 6.07 Å². The van der Waals surface area contributed by atoms with E-state index < -0.39 is 0 Å². The first-order valence-electron chi connectivity index (χ1n) is 6.90. The van der Waals surface area contributed by atoms with Crippen molar-refractivity contribution in [3.05, 3.63) is 36.3 Å². The van der Waals surface area contributed by atoms with Crippen LogP contribution >= 0.6 is 0 Å². The van der Waals surface area contributed by atoms with Crippen molar-refractivity contribution in [3.63, 3.8) is 0 Å². The van der Waals surface area contributed by atoms with Gasteiger partial charge in [0.25, 0.3) is 0 Å². The normalized spacial score (nSPS) is 12.3. The molecular weight excluding hydrogens is 266 g/mol. The summed E-state index contributed by atoms with van der Waals surface area (Å²) in [5.41, 5.74) is 1.66. The minimum absolute atomic E-state index is 0.0358. The van der Waals surface area contributed by atoms with Crippen LogP contribution in [0.2, 0.25) is 0 Å². The highest BCUT2D eigenvalue weighted by Crippen LogP contribution is 2.23. The van der Waals surface area contributed by atoms with Gasteiger partial charge in [0.2, 0.25) is 5.95 Å². The van der Waals surface area contributed by atoms with Crippen LogP contribution in [0.4, 0.5) is 11.8 Å². The first-order chi connectivity index (χ1) is 10.3. The second-order valence-corrected chi connectivity index (χ2v) is 4.68. The smallest absolute Gasteiger partial charge is 0.226 e. The van der Waals surface area contributed by atoms with Crippen LogP contribution in [0.25, 0.3) is 11.0 Å². The number of hydrogen-bond acceptors (Lipinski definition) is 6. The van der Waals surface area contributed by atoms with Crippen LogP contribution < -0.4 is 10.6 Å². The molecule has 0 aliphatic heterocycles. The van der Waals surface area contributed by atoms with Crippen LogP contribution in [-0.4, -0.2) is 31.7 Å². The monoisotopic (exact) mass is 283 g/mol. The van der Waals surface area contributed by atoms with Gasteiger partial charge in [-0.15, -0.1) is 0 Å². The van der Waals surface area contributed by atoms with Crippen molar-refractivity contribution < 1.29 is 0 Å². The standard InChI is InChI=1S/C14H17N7/c1-3-15-14-19-12(10-8-17-21-13(10)20-14)18-9(2)11-6-4-5-7-16-11/h4-9H,3H2,1-2H3,(H3,15,17,18,19,20,21). The maximum atomic E-state index is 4.51. The first-order valence-corrected chi connectivity index (χ1v) is 6.90. The van der Waals surface area contributed by atoms with Gasteiger partial charge in [-0.2, -0.15) is 15.1 Å². The van der Waals surface area contributed by atoms with Gasteiger partial charge in [0.05, 0.1) is 23.3 Å². The molecule has 0 saturated carbocycles. The third-order valence-electron chi connectivity index (χ3n) is 3.13. The topological polar surface area (TPSA) is 91.4 Å². The Kier molecular flexibility index (Phi) is 3.63. The highest BCUT2D eigenvalue weighted by molar-refractivity contribution is 5.87. The maximum Gasteiger partial charge on any atom is 0.226 e. The lowest BCUT2D eigenvalue weighted by Gasteiger charge is -2.15. The highest BCUT2D eigenvalue weighted by atomic mass is 15.2. The number of H-pyrrole nitrogens is 1. The maximum absolute atomic E-state index is 4.51. The summed E-state index contributed by atoms with van der Waals surface area (Å²) in [6.07, 6.45) is 3.50. The lowest BCUT2D eigenvalue weighted by Crippen LogP contribution is -2.11. The summed E-state index contributed by atoms with van der Waals surface area (Å²) in [6.45, 7) is 4.81. The molecule has 0 spiro atoms. The van der Waals surface area contributed by atoms with E-state index in [4.69, 9.17) is 0 Å². The summed E-state index contributed by atoms with van der Waals surface area (Å²) in [5, 5.41) is 14.3. The molecule has 1 unspecified atom stereocenters. The van der Waals surface area contributed by atoms with Gasteiger partial charge < -0.3 is 10.6 Å². The summed E-state index contributed by atoms with van der Waals surface area (Å²) in [5.74, 6) is 1.31. The number of aromatic amines is 1. The summed E-state index contributed by atoms with van der Waals surface area (Å²) in [6, 6.07) is 5.89. The van der Waals surface area contributed by atoms with E-state index in [2.05, 4.69) is 35.8 Å². The third-order valence-corrected chi connectivity index (χ3v) is 3.13. The van der Waals surface area contributed by atoms with Gasteiger partial charge in [0.1, 0.15) is 5.82 Å². The molecule has 0 aliphatic rings. The molecular formula is C14H17N7. The molecule has 0 saturated heterocycles. The van der Waals surface area contributed by atoms with Gasteiger partial charge >= 0.3 is 0 Å². The zero-order valence-electron chi connectivity index (χ0n) is 12.0. The number of nitrogens with one attached hydrogen (secondary N) is 3. The summed E-state index contributed by atoms with van der Waals surface area (Å²) < 4.78 is 0. The van der Waals surface area contributed by atoms with Crippen LogP contribution in [0.1, 0.15) is 25.6 Å². The van der Waals surface area contributed by atoms with Crippen molar-refractivity contribution in [2.75, 3.05) is 17.2 Å². The van der Waals surface area contributed by atoms with E-state index in [1.54, 1.807) is 12.4 Å². The molecule has 0 radical (unpaired) electrons. The van der Waals surface area contributed by atoms with E-state index in [0.717, 1.165) is 23.4 Å². The number of pyridine rings is 1. The fraction of sp³-hybridized carbons (Fsp3) is 0.286. The Morgan fingerprint density at radius 1 is 1.29 bits per heavy atom. The van der Waals surface area contributed by atoms with Crippen molar-refractivity contribution >= 4 is 22.8 Å². The molecule has 7 nitrogen and oxygen atoms in total. The van der Waals surface area contributed by atoms with Crippen LogP contribution in [-0.2, 0) is 0 Å². The summed E-state index contributed by atoms with van der Waals surface area (Å²) in [7, 11) is 0. The molecule has 21 heavy (non-hydrogen) atoms. The second-order valence-electron chi connectivity index (χ2n) is 4.68. The molecule has 108 valence electrons. The molecule has 0 bridgehead atoms. The minimum atomic E-state index is 0.0358. The lowest BCUT2D eigenvalue weighted by molar-refractivity contribution is 0.833. The van der Waals surface area contributed by atoms with Crippen LogP contribution in [0.5, 0.6) is 0 Å². The summed E-state index contributed by atoms with van der Waals surface area (Å²) >= 11 is 0. The number of aromatic nitrogens is 5. The molecule has 0 amide bonds. The zero-order valence-corrected chi connectivity index (χ0v) is 12.0. The predicted molar refractivity (Wildman–Crippen MR) is 82.1 cm³/mol. The SMILES string of the molecule is CCNc1nc(NC(C)c2ccccn2)c2cn[nH]c2n1. The average Bonchev–Trinajstić information content (AvgIpc) is 2.97. The molecule has 7 heteroatoms. The van der Waals surface area contributed by atoms with Gasteiger partial charge in [-0.3, -0.25) is 10.1 Å². The number of hydrogen-bond donors (Lipinski definition) is 3. The second kappa shape index (κ2) is 5.74. The van der Waals surface area contributed by atoms with Crippen molar-refractivity contribution in [2.45, 2.75) is 19.9 Å². The molecule has 0 aliphatic carbocycles. The number of anilines is 2. The van der Waals surface area contributed by atoms with Crippen molar-refractivity contribution in [1.29, 1.82) is 0 Å². The molecule has 3 N–H and O–H groups in total. The fourth-order valence-corrected chi connectivity index (χ4v) is 2.09. The Morgan fingerprint density at radius 2 is 2.19 bits per heavy atom. The Balaban J connectivity index is 1.93. The largest absolute Gasteiger partial charge is 0.361 e. The number of fused-ring (bicyclic) bond motifs is 1. The van der Waals surface area contributed by atoms with Crippen molar-refractivity contribution in [1.82, 2.24) is 25.1 Å². The Hall–Kier alpha value is -2.70. The van der Waals surface area contributed by atoms with E-state index in [1.807, 2.05) is 32.0 Å².